The molecule has 2 rings (SSSR count). The normalized spacial score (nSPS) is 16.6. The number of imidazole rings is 1. The van der Waals surface area contributed by atoms with Gasteiger partial charge in [0.25, 0.3) is 10.2 Å². The molecule has 0 saturated carbocycles. The predicted molar refractivity (Wildman–Crippen MR) is 96.2 cm³/mol. The van der Waals surface area contributed by atoms with Crippen LogP contribution in [0.15, 0.2) is 12.4 Å². The van der Waals surface area contributed by atoms with Gasteiger partial charge < -0.3 is 9.47 Å². The van der Waals surface area contributed by atoms with Gasteiger partial charge >= 0.3 is 0 Å². The number of amides is 1. The maximum Gasteiger partial charge on any atom is 0.282 e. The van der Waals surface area contributed by atoms with E-state index >= 15 is 0 Å². The zero-order chi connectivity index (χ0) is 18.4. The molecule has 1 aliphatic heterocycles. The average molecular weight is 372 g/mol. The number of piperazine rings is 1. The first kappa shape index (κ1) is 19.9. The first-order chi connectivity index (χ1) is 11.9. The minimum atomic E-state index is -3.44. The van der Waals surface area contributed by atoms with Crippen molar-refractivity contribution in [2.24, 2.45) is 0 Å². The lowest BCUT2D eigenvalue weighted by atomic mass is 10.3. The Morgan fingerprint density at radius 3 is 2.24 bits per heavy atom. The fraction of sp³-hybridized carbons (Fsp3) is 0.750. The van der Waals surface area contributed by atoms with Gasteiger partial charge in [0.1, 0.15) is 12.4 Å². The minimum Gasteiger partial charge on any atom is -0.338 e. The molecule has 0 radical (unpaired) electrons. The Kier molecular flexibility index (Phi) is 6.97. The Bertz CT molecular complexity index is 659. The third-order valence-corrected chi connectivity index (χ3v) is 6.45. The second kappa shape index (κ2) is 8.77. The van der Waals surface area contributed by atoms with Gasteiger partial charge in [0.05, 0.1) is 0 Å². The van der Waals surface area contributed by atoms with Gasteiger partial charge in [0.15, 0.2) is 0 Å². The standard InChI is InChI=1S/C16H29N5O3S/c1-4-7-20(8-5-2)25(23,24)21-12-10-18(11-13-21)16(22)14-19-9-6-17-15(19)3/h6,9H,4-5,7-8,10-14H2,1-3H3. The fourth-order valence-corrected chi connectivity index (χ4v) is 4.77. The van der Waals surface area contributed by atoms with Crippen LogP contribution in [-0.4, -0.2) is 76.7 Å². The summed E-state index contributed by atoms with van der Waals surface area (Å²) in [5, 5.41) is 0. The SMILES string of the molecule is CCCN(CCC)S(=O)(=O)N1CCN(C(=O)Cn2ccnc2C)CC1. The van der Waals surface area contributed by atoms with Crippen molar-refractivity contribution >= 4 is 16.1 Å². The van der Waals surface area contributed by atoms with E-state index in [1.165, 1.54) is 4.31 Å². The van der Waals surface area contributed by atoms with Crippen LogP contribution in [0.25, 0.3) is 0 Å². The van der Waals surface area contributed by atoms with Gasteiger partial charge in [0.2, 0.25) is 5.91 Å². The predicted octanol–water partition coefficient (Wildman–Crippen LogP) is 0.703. The molecule has 0 bridgehead atoms. The van der Waals surface area contributed by atoms with Gasteiger partial charge in [-0.15, -0.1) is 0 Å². The molecule has 9 heteroatoms. The molecule has 0 atom stereocenters. The number of aromatic nitrogens is 2. The molecular formula is C16H29N5O3S. The highest BCUT2D eigenvalue weighted by Crippen LogP contribution is 2.14. The van der Waals surface area contributed by atoms with E-state index in [4.69, 9.17) is 0 Å². The van der Waals surface area contributed by atoms with Crippen LogP contribution in [0.1, 0.15) is 32.5 Å². The van der Waals surface area contributed by atoms with Crippen LogP contribution in [0.2, 0.25) is 0 Å². The molecule has 0 spiro atoms. The smallest absolute Gasteiger partial charge is 0.282 e. The van der Waals surface area contributed by atoms with Gasteiger partial charge in [-0.1, -0.05) is 13.8 Å². The van der Waals surface area contributed by atoms with Gasteiger partial charge in [-0.25, -0.2) is 4.98 Å². The monoisotopic (exact) mass is 371 g/mol. The van der Waals surface area contributed by atoms with Crippen LogP contribution in [0.5, 0.6) is 0 Å². The number of carbonyl (C=O) groups is 1. The summed E-state index contributed by atoms with van der Waals surface area (Å²) in [7, 11) is -3.44. The third kappa shape index (κ3) is 4.80. The highest BCUT2D eigenvalue weighted by molar-refractivity contribution is 7.86. The van der Waals surface area contributed by atoms with Crippen molar-refractivity contribution in [2.75, 3.05) is 39.3 Å². The maximum absolute atomic E-state index is 12.8. The van der Waals surface area contributed by atoms with Gasteiger partial charge in [0, 0.05) is 51.7 Å². The van der Waals surface area contributed by atoms with Crippen molar-refractivity contribution in [2.45, 2.75) is 40.2 Å². The molecule has 0 aliphatic carbocycles. The Hall–Kier alpha value is -1.45. The molecule has 8 nitrogen and oxygen atoms in total. The lowest BCUT2D eigenvalue weighted by Crippen LogP contribution is -2.54. The molecule has 1 aromatic heterocycles. The van der Waals surface area contributed by atoms with E-state index in [9.17, 15) is 13.2 Å². The molecule has 0 unspecified atom stereocenters. The van der Waals surface area contributed by atoms with E-state index in [2.05, 4.69) is 4.98 Å². The third-order valence-electron chi connectivity index (χ3n) is 4.42. The summed E-state index contributed by atoms with van der Waals surface area (Å²) in [6.07, 6.45) is 5.04. The second-order valence-electron chi connectivity index (χ2n) is 6.29. The molecule has 1 saturated heterocycles. The van der Waals surface area contributed by atoms with Crippen LogP contribution in [0.4, 0.5) is 0 Å². The zero-order valence-electron chi connectivity index (χ0n) is 15.4. The van der Waals surface area contributed by atoms with Crippen molar-refractivity contribution in [1.29, 1.82) is 0 Å². The summed E-state index contributed by atoms with van der Waals surface area (Å²) in [6, 6.07) is 0. The van der Waals surface area contributed by atoms with Crippen LogP contribution < -0.4 is 0 Å². The molecule has 2 heterocycles. The lowest BCUT2D eigenvalue weighted by Gasteiger charge is -2.36. The van der Waals surface area contributed by atoms with Crippen molar-refractivity contribution in [3.63, 3.8) is 0 Å². The topological polar surface area (TPSA) is 78.8 Å². The van der Waals surface area contributed by atoms with Crippen LogP contribution >= 0.6 is 0 Å². The number of hydrogen-bond donors (Lipinski definition) is 0. The Morgan fingerprint density at radius 1 is 1.16 bits per heavy atom. The largest absolute Gasteiger partial charge is 0.338 e. The zero-order valence-corrected chi connectivity index (χ0v) is 16.2. The lowest BCUT2D eigenvalue weighted by molar-refractivity contribution is -0.133. The number of aryl methyl sites for hydroxylation is 1. The maximum atomic E-state index is 12.8. The molecule has 1 aliphatic rings. The number of carbonyl (C=O) groups excluding carboxylic acids is 1. The molecule has 0 N–H and O–H groups in total. The summed E-state index contributed by atoms with van der Waals surface area (Å²) in [4.78, 5) is 18.3. The van der Waals surface area contributed by atoms with Crippen LogP contribution in [0, 0.1) is 6.92 Å². The summed E-state index contributed by atoms with van der Waals surface area (Å²) in [5.74, 6) is 0.793. The van der Waals surface area contributed by atoms with Crippen molar-refractivity contribution in [3.8, 4) is 0 Å². The molecule has 25 heavy (non-hydrogen) atoms. The quantitative estimate of drug-likeness (QED) is 0.674. The van der Waals surface area contributed by atoms with Gasteiger partial charge in [-0.05, 0) is 19.8 Å². The summed E-state index contributed by atoms with van der Waals surface area (Å²) < 4.78 is 30.4. The van der Waals surface area contributed by atoms with Crippen molar-refractivity contribution in [3.05, 3.63) is 18.2 Å². The van der Waals surface area contributed by atoms with Crippen LogP contribution in [-0.2, 0) is 21.5 Å². The minimum absolute atomic E-state index is 0.00267. The highest BCUT2D eigenvalue weighted by Gasteiger charge is 2.32. The second-order valence-corrected chi connectivity index (χ2v) is 8.22. The molecule has 0 aromatic carbocycles. The molecule has 1 fully saturated rings. The first-order valence-corrected chi connectivity index (χ1v) is 10.3. The number of rotatable bonds is 8. The molecular weight excluding hydrogens is 342 g/mol. The fourth-order valence-electron chi connectivity index (χ4n) is 2.99. The molecule has 1 aromatic rings. The van der Waals surface area contributed by atoms with Crippen LogP contribution in [0.3, 0.4) is 0 Å². The van der Waals surface area contributed by atoms with E-state index in [1.54, 1.807) is 26.2 Å². The number of nitrogens with zero attached hydrogens (tertiary/aromatic N) is 5. The molecule has 142 valence electrons. The van der Waals surface area contributed by atoms with E-state index < -0.39 is 10.2 Å². The Balaban J connectivity index is 1.93. The van der Waals surface area contributed by atoms with Gasteiger partial charge in [-0.3, -0.25) is 4.79 Å². The summed E-state index contributed by atoms with van der Waals surface area (Å²) in [6.45, 7) is 8.69. The van der Waals surface area contributed by atoms with E-state index in [0.717, 1.165) is 18.7 Å². The Labute approximate surface area is 150 Å². The summed E-state index contributed by atoms with van der Waals surface area (Å²) in [5.41, 5.74) is 0. The Morgan fingerprint density at radius 2 is 1.76 bits per heavy atom. The van der Waals surface area contributed by atoms with E-state index in [-0.39, 0.29) is 12.5 Å². The van der Waals surface area contributed by atoms with Crippen molar-refractivity contribution in [1.82, 2.24) is 23.1 Å². The molecule has 1 amide bonds. The van der Waals surface area contributed by atoms with Crippen molar-refractivity contribution < 1.29 is 13.2 Å². The highest BCUT2D eigenvalue weighted by atomic mass is 32.2. The summed E-state index contributed by atoms with van der Waals surface area (Å²) >= 11 is 0. The first-order valence-electron chi connectivity index (χ1n) is 8.90. The van der Waals surface area contributed by atoms with Gasteiger partial charge in [-0.2, -0.15) is 17.0 Å². The van der Waals surface area contributed by atoms with E-state index in [1.807, 2.05) is 20.8 Å². The van der Waals surface area contributed by atoms with E-state index in [0.29, 0.717) is 39.3 Å². The number of hydrogen-bond acceptors (Lipinski definition) is 4. The average Bonchev–Trinajstić information content (AvgIpc) is 2.99.